The third-order valence-corrected chi connectivity index (χ3v) is 5.18. The van der Waals surface area contributed by atoms with Crippen LogP contribution < -0.4 is 5.56 Å². The Hall–Kier alpha value is -3.81. The molecule has 1 aromatic carbocycles. The zero-order chi connectivity index (χ0) is 21.8. The summed E-state index contributed by atoms with van der Waals surface area (Å²) in [7, 11) is 1.76. The summed E-state index contributed by atoms with van der Waals surface area (Å²) in [4.78, 5) is 35.7. The van der Waals surface area contributed by atoms with Gasteiger partial charge in [0.1, 0.15) is 6.54 Å². The molecule has 0 aliphatic carbocycles. The Balaban J connectivity index is 1.73. The van der Waals surface area contributed by atoms with Gasteiger partial charge in [-0.1, -0.05) is 36.7 Å². The van der Waals surface area contributed by atoms with Crippen molar-refractivity contribution in [2.24, 2.45) is 0 Å². The van der Waals surface area contributed by atoms with E-state index in [2.05, 4.69) is 22.0 Å². The molecule has 0 N–H and O–H groups in total. The minimum absolute atomic E-state index is 0.0219. The van der Waals surface area contributed by atoms with Crippen LogP contribution in [0.1, 0.15) is 19.8 Å². The van der Waals surface area contributed by atoms with E-state index in [0.717, 1.165) is 23.8 Å². The number of benzene rings is 1. The lowest BCUT2D eigenvalue weighted by atomic mass is 10.1. The van der Waals surface area contributed by atoms with E-state index in [4.69, 9.17) is 4.52 Å². The van der Waals surface area contributed by atoms with E-state index in [9.17, 15) is 9.59 Å². The molecule has 4 aromatic rings. The minimum Gasteiger partial charge on any atom is -0.344 e. The van der Waals surface area contributed by atoms with Crippen LogP contribution in [0.5, 0.6) is 0 Å². The van der Waals surface area contributed by atoms with Gasteiger partial charge in [-0.05, 0) is 24.6 Å². The van der Waals surface area contributed by atoms with Gasteiger partial charge >= 0.3 is 0 Å². The van der Waals surface area contributed by atoms with Crippen LogP contribution in [0, 0.1) is 0 Å². The first-order valence-corrected chi connectivity index (χ1v) is 10.2. The van der Waals surface area contributed by atoms with Gasteiger partial charge in [-0.25, -0.2) is 0 Å². The minimum atomic E-state index is -0.297. The van der Waals surface area contributed by atoms with Crippen molar-refractivity contribution in [3.8, 4) is 22.8 Å². The number of fused-ring (bicyclic) bond motifs is 1. The second-order valence-corrected chi connectivity index (χ2v) is 7.33. The fourth-order valence-corrected chi connectivity index (χ4v) is 3.40. The van der Waals surface area contributed by atoms with Gasteiger partial charge in [0.05, 0.1) is 11.1 Å². The van der Waals surface area contributed by atoms with E-state index >= 15 is 0 Å². The van der Waals surface area contributed by atoms with Crippen LogP contribution in [0.15, 0.2) is 64.2 Å². The van der Waals surface area contributed by atoms with Crippen molar-refractivity contribution in [1.82, 2.24) is 24.6 Å². The number of unbranched alkanes of at least 4 members (excludes halogenated alkanes) is 1. The number of rotatable bonds is 7. The van der Waals surface area contributed by atoms with Crippen LogP contribution in [-0.2, 0) is 11.3 Å². The number of carbonyl (C=O) groups is 1. The van der Waals surface area contributed by atoms with Gasteiger partial charge in [-0.15, -0.1) is 0 Å². The number of amides is 1. The summed E-state index contributed by atoms with van der Waals surface area (Å²) in [5.41, 5.74) is 1.65. The van der Waals surface area contributed by atoms with Crippen LogP contribution in [0.25, 0.3) is 33.7 Å². The molecule has 158 valence electrons. The Bertz CT molecular complexity index is 1260. The van der Waals surface area contributed by atoms with Crippen molar-refractivity contribution in [3.05, 3.63) is 65.2 Å². The Kier molecular flexibility index (Phi) is 5.88. The molecule has 8 heteroatoms. The maximum atomic E-state index is 13.0. The molecule has 0 spiro atoms. The summed E-state index contributed by atoms with van der Waals surface area (Å²) >= 11 is 0. The first-order valence-electron chi connectivity index (χ1n) is 10.2. The standard InChI is InChI=1S/C23H23N5O3/c1-3-4-13-27(2)21(30)15-28-19-8-6-5-7-17(19)18(14-20(28)29)23-25-22(26-31-23)16-9-11-24-12-10-16/h5-12,14H,3-4,13,15H2,1-2H3. The second kappa shape index (κ2) is 8.91. The van der Waals surface area contributed by atoms with Crippen LogP contribution in [0.3, 0.4) is 0 Å². The number of aromatic nitrogens is 4. The normalized spacial score (nSPS) is 11.0. The number of para-hydroxylation sites is 1. The third-order valence-electron chi connectivity index (χ3n) is 5.18. The van der Waals surface area contributed by atoms with Crippen LogP contribution >= 0.6 is 0 Å². The van der Waals surface area contributed by atoms with Crippen LogP contribution in [-0.4, -0.2) is 44.1 Å². The number of nitrogens with zero attached hydrogens (tertiary/aromatic N) is 5. The summed E-state index contributed by atoms with van der Waals surface area (Å²) < 4.78 is 6.96. The highest BCUT2D eigenvalue weighted by molar-refractivity contribution is 5.93. The van der Waals surface area contributed by atoms with E-state index in [-0.39, 0.29) is 23.9 Å². The molecule has 0 aliphatic heterocycles. The molecule has 4 rings (SSSR count). The van der Waals surface area contributed by atoms with Crippen molar-refractivity contribution in [1.29, 1.82) is 0 Å². The van der Waals surface area contributed by atoms with Crippen molar-refractivity contribution < 1.29 is 9.32 Å². The monoisotopic (exact) mass is 417 g/mol. The smallest absolute Gasteiger partial charge is 0.259 e. The van der Waals surface area contributed by atoms with E-state index < -0.39 is 0 Å². The summed E-state index contributed by atoms with van der Waals surface area (Å²) in [5, 5.41) is 4.80. The highest BCUT2D eigenvalue weighted by Crippen LogP contribution is 2.27. The highest BCUT2D eigenvalue weighted by Gasteiger charge is 2.18. The topological polar surface area (TPSA) is 94.1 Å². The SMILES string of the molecule is CCCCN(C)C(=O)Cn1c(=O)cc(-c2nc(-c3ccncc3)no2)c2ccccc21. The molecular weight excluding hydrogens is 394 g/mol. The van der Waals surface area contributed by atoms with Gasteiger partial charge in [0.25, 0.3) is 11.4 Å². The Labute approximate surface area is 179 Å². The molecule has 0 radical (unpaired) electrons. The molecule has 3 aromatic heterocycles. The predicted molar refractivity (Wildman–Crippen MR) is 117 cm³/mol. The average molecular weight is 417 g/mol. The van der Waals surface area contributed by atoms with E-state index in [1.54, 1.807) is 36.5 Å². The second-order valence-electron chi connectivity index (χ2n) is 7.33. The molecule has 0 saturated carbocycles. The Morgan fingerprint density at radius 2 is 1.94 bits per heavy atom. The Morgan fingerprint density at radius 3 is 2.71 bits per heavy atom. The summed E-state index contributed by atoms with van der Waals surface area (Å²) in [5.74, 6) is 0.559. The average Bonchev–Trinajstić information content (AvgIpc) is 3.29. The van der Waals surface area contributed by atoms with Crippen molar-refractivity contribution in [3.63, 3.8) is 0 Å². The Morgan fingerprint density at radius 1 is 1.16 bits per heavy atom. The fraction of sp³-hybridized carbons (Fsp3) is 0.261. The zero-order valence-corrected chi connectivity index (χ0v) is 17.5. The molecule has 1 amide bonds. The molecule has 0 aliphatic rings. The van der Waals surface area contributed by atoms with Crippen LogP contribution in [0.4, 0.5) is 0 Å². The number of carbonyl (C=O) groups excluding carboxylic acids is 1. The lowest BCUT2D eigenvalue weighted by molar-refractivity contribution is -0.130. The van der Waals surface area contributed by atoms with Crippen LogP contribution in [0.2, 0.25) is 0 Å². The lowest BCUT2D eigenvalue weighted by Crippen LogP contribution is -2.34. The van der Waals surface area contributed by atoms with E-state index in [1.807, 2.05) is 24.3 Å². The van der Waals surface area contributed by atoms with Gasteiger partial charge < -0.3 is 9.42 Å². The predicted octanol–water partition coefficient (Wildman–Crippen LogP) is 3.37. The van der Waals surface area contributed by atoms with Gasteiger partial charge in [-0.2, -0.15) is 4.98 Å². The largest absolute Gasteiger partial charge is 0.344 e. The summed E-state index contributed by atoms with van der Waals surface area (Å²) in [6, 6.07) is 12.4. The molecule has 0 unspecified atom stereocenters. The quantitative estimate of drug-likeness (QED) is 0.458. The van der Waals surface area contributed by atoms with Crippen molar-refractivity contribution in [2.75, 3.05) is 13.6 Å². The van der Waals surface area contributed by atoms with Gasteiger partial charge in [-0.3, -0.25) is 19.1 Å². The van der Waals surface area contributed by atoms with Crippen molar-refractivity contribution in [2.45, 2.75) is 26.3 Å². The first-order chi connectivity index (χ1) is 15.1. The molecule has 0 bridgehead atoms. The highest BCUT2D eigenvalue weighted by atomic mass is 16.5. The van der Waals surface area contributed by atoms with Gasteiger partial charge in [0.2, 0.25) is 11.7 Å². The lowest BCUT2D eigenvalue weighted by Gasteiger charge is -2.18. The van der Waals surface area contributed by atoms with E-state index in [1.165, 1.54) is 10.6 Å². The number of pyridine rings is 2. The zero-order valence-electron chi connectivity index (χ0n) is 17.5. The molecule has 0 fully saturated rings. The summed E-state index contributed by atoms with van der Waals surface area (Å²) in [6.45, 7) is 2.72. The number of likely N-dealkylation sites (N-methyl/N-ethyl adjacent to an activating group) is 1. The molecule has 0 atom stereocenters. The third kappa shape index (κ3) is 4.23. The number of hydrogen-bond acceptors (Lipinski definition) is 6. The fourth-order valence-electron chi connectivity index (χ4n) is 3.40. The van der Waals surface area contributed by atoms with E-state index in [0.29, 0.717) is 23.4 Å². The number of hydrogen-bond donors (Lipinski definition) is 0. The molecule has 0 saturated heterocycles. The molecule has 8 nitrogen and oxygen atoms in total. The molecular formula is C23H23N5O3. The maximum absolute atomic E-state index is 13.0. The van der Waals surface area contributed by atoms with Gasteiger partial charge in [0, 0.05) is 43.0 Å². The van der Waals surface area contributed by atoms with Gasteiger partial charge in [0.15, 0.2) is 0 Å². The molecule has 31 heavy (non-hydrogen) atoms. The summed E-state index contributed by atoms with van der Waals surface area (Å²) in [6.07, 6.45) is 5.22. The molecule has 3 heterocycles. The van der Waals surface area contributed by atoms with Crippen molar-refractivity contribution >= 4 is 16.8 Å². The maximum Gasteiger partial charge on any atom is 0.259 e. The first kappa shape index (κ1) is 20.5.